The number of hydrogen-bond donors (Lipinski definition) is 1. The lowest BCUT2D eigenvalue weighted by atomic mass is 9.96. The van der Waals surface area contributed by atoms with E-state index in [0.717, 1.165) is 16.9 Å². The Balaban J connectivity index is 1.99. The van der Waals surface area contributed by atoms with Crippen molar-refractivity contribution in [2.24, 2.45) is 0 Å². The van der Waals surface area contributed by atoms with Crippen molar-refractivity contribution >= 4 is 17.8 Å². The van der Waals surface area contributed by atoms with Gasteiger partial charge >= 0.3 is 6.03 Å². The van der Waals surface area contributed by atoms with Gasteiger partial charge in [0.2, 0.25) is 5.91 Å². The summed E-state index contributed by atoms with van der Waals surface area (Å²) in [6.07, 6.45) is 1.33. The van der Waals surface area contributed by atoms with E-state index in [2.05, 4.69) is 5.32 Å². The predicted molar refractivity (Wildman–Crippen MR) is 86.5 cm³/mol. The predicted octanol–water partition coefficient (Wildman–Crippen LogP) is 1.76. The number of amides is 4. The van der Waals surface area contributed by atoms with Gasteiger partial charge in [0.25, 0.3) is 5.91 Å². The van der Waals surface area contributed by atoms with Crippen molar-refractivity contribution in [1.82, 2.24) is 15.1 Å². The average molecular weight is 317 g/mol. The normalized spacial score (nSPS) is 20.6. The topological polar surface area (TPSA) is 69.7 Å². The maximum Gasteiger partial charge on any atom is 0.325 e. The molecular weight excluding hydrogens is 294 g/mol. The zero-order valence-corrected chi connectivity index (χ0v) is 13.8. The van der Waals surface area contributed by atoms with Crippen LogP contribution in [0.2, 0.25) is 0 Å². The number of imide groups is 1. The Morgan fingerprint density at radius 2 is 1.91 bits per heavy atom. The number of nitrogens with zero attached hydrogens (tertiary/aromatic N) is 2. The molecule has 1 heterocycles. The first kappa shape index (κ1) is 17.0. The van der Waals surface area contributed by atoms with Gasteiger partial charge < -0.3 is 10.2 Å². The first-order valence-electron chi connectivity index (χ1n) is 7.79. The summed E-state index contributed by atoms with van der Waals surface area (Å²) >= 11 is 0. The highest BCUT2D eigenvalue weighted by Gasteiger charge is 2.47. The summed E-state index contributed by atoms with van der Waals surface area (Å²) in [4.78, 5) is 39.3. The van der Waals surface area contributed by atoms with E-state index in [0.29, 0.717) is 13.0 Å². The third kappa shape index (κ3) is 3.70. The molecule has 0 aromatic heterocycles. The molecule has 0 aliphatic carbocycles. The molecule has 0 bridgehead atoms. The lowest BCUT2D eigenvalue weighted by Crippen LogP contribution is -2.45. The van der Waals surface area contributed by atoms with E-state index in [-0.39, 0.29) is 18.4 Å². The monoisotopic (exact) mass is 317 g/mol. The molecule has 1 aliphatic rings. The van der Waals surface area contributed by atoms with Crippen molar-refractivity contribution in [3.05, 3.63) is 35.9 Å². The molecule has 1 saturated heterocycles. The molecule has 2 rings (SSSR count). The smallest absolute Gasteiger partial charge is 0.325 e. The molecule has 1 fully saturated rings. The minimum absolute atomic E-state index is 0.229. The SMILES string of the molecule is CCC[C@]1(C)NC(=O)N(CC(=O)N(C)Cc2ccccc2)C1=O. The van der Waals surface area contributed by atoms with Gasteiger partial charge in [-0.05, 0) is 18.9 Å². The number of rotatable bonds is 6. The number of urea groups is 1. The Morgan fingerprint density at radius 3 is 2.52 bits per heavy atom. The van der Waals surface area contributed by atoms with Crippen LogP contribution in [0.25, 0.3) is 0 Å². The summed E-state index contributed by atoms with van der Waals surface area (Å²) in [7, 11) is 1.67. The van der Waals surface area contributed by atoms with Gasteiger partial charge in [0.1, 0.15) is 12.1 Å². The molecule has 0 unspecified atom stereocenters. The number of benzene rings is 1. The second-order valence-electron chi connectivity index (χ2n) is 6.14. The van der Waals surface area contributed by atoms with Crippen molar-refractivity contribution in [1.29, 1.82) is 0 Å². The second kappa shape index (κ2) is 6.81. The molecule has 1 atom stereocenters. The Morgan fingerprint density at radius 1 is 1.26 bits per heavy atom. The number of nitrogens with one attached hydrogen (secondary N) is 1. The van der Waals surface area contributed by atoms with Gasteiger partial charge in [0.15, 0.2) is 0 Å². The molecule has 1 N–H and O–H groups in total. The number of hydrogen-bond acceptors (Lipinski definition) is 3. The van der Waals surface area contributed by atoms with E-state index < -0.39 is 11.6 Å². The fraction of sp³-hybridized carbons (Fsp3) is 0.471. The minimum atomic E-state index is -0.899. The van der Waals surface area contributed by atoms with Crippen molar-refractivity contribution in [2.75, 3.05) is 13.6 Å². The summed E-state index contributed by atoms with van der Waals surface area (Å²) in [5, 5.41) is 2.69. The highest BCUT2D eigenvalue weighted by molar-refractivity contribution is 6.08. The fourth-order valence-corrected chi connectivity index (χ4v) is 2.76. The fourth-order valence-electron chi connectivity index (χ4n) is 2.76. The van der Waals surface area contributed by atoms with Gasteiger partial charge in [-0.25, -0.2) is 4.79 Å². The Labute approximate surface area is 136 Å². The molecule has 1 aliphatic heterocycles. The quantitative estimate of drug-likeness (QED) is 0.813. The van der Waals surface area contributed by atoms with Gasteiger partial charge in [-0.3, -0.25) is 14.5 Å². The minimum Gasteiger partial charge on any atom is -0.340 e. The molecule has 0 radical (unpaired) electrons. The molecule has 4 amide bonds. The molecule has 6 nitrogen and oxygen atoms in total. The first-order valence-corrected chi connectivity index (χ1v) is 7.79. The maximum absolute atomic E-state index is 12.4. The van der Waals surface area contributed by atoms with Gasteiger partial charge in [-0.1, -0.05) is 43.7 Å². The lowest BCUT2D eigenvalue weighted by molar-refractivity contribution is -0.138. The third-order valence-corrected chi connectivity index (χ3v) is 4.08. The lowest BCUT2D eigenvalue weighted by Gasteiger charge is -2.22. The third-order valence-electron chi connectivity index (χ3n) is 4.08. The van der Waals surface area contributed by atoms with Crippen LogP contribution in [0.5, 0.6) is 0 Å². The van der Waals surface area contributed by atoms with Crippen LogP contribution in [-0.4, -0.2) is 46.8 Å². The molecule has 23 heavy (non-hydrogen) atoms. The Hall–Kier alpha value is -2.37. The summed E-state index contributed by atoms with van der Waals surface area (Å²) in [5.41, 5.74) is 0.0979. The zero-order valence-electron chi connectivity index (χ0n) is 13.8. The first-order chi connectivity index (χ1) is 10.9. The Kier molecular flexibility index (Phi) is 5.03. The van der Waals surface area contributed by atoms with Crippen LogP contribution in [0.4, 0.5) is 4.79 Å². The number of likely N-dealkylation sites (N-methyl/N-ethyl adjacent to an activating group) is 1. The van der Waals surface area contributed by atoms with Crippen molar-refractivity contribution < 1.29 is 14.4 Å². The highest BCUT2D eigenvalue weighted by atomic mass is 16.2. The number of carbonyl (C=O) groups is 3. The van der Waals surface area contributed by atoms with Crippen molar-refractivity contribution in [3.63, 3.8) is 0 Å². The van der Waals surface area contributed by atoms with E-state index in [4.69, 9.17) is 0 Å². The van der Waals surface area contributed by atoms with Crippen LogP contribution < -0.4 is 5.32 Å². The molecule has 0 saturated carbocycles. The Bertz CT molecular complexity index is 602. The average Bonchev–Trinajstić information content (AvgIpc) is 2.72. The molecule has 1 aromatic carbocycles. The van der Waals surface area contributed by atoms with Gasteiger partial charge in [0, 0.05) is 13.6 Å². The van der Waals surface area contributed by atoms with Crippen LogP contribution in [0, 0.1) is 0 Å². The maximum atomic E-state index is 12.4. The van der Waals surface area contributed by atoms with E-state index in [1.807, 2.05) is 37.3 Å². The van der Waals surface area contributed by atoms with E-state index in [9.17, 15) is 14.4 Å². The van der Waals surface area contributed by atoms with Crippen LogP contribution in [-0.2, 0) is 16.1 Å². The van der Waals surface area contributed by atoms with Crippen LogP contribution in [0.1, 0.15) is 32.3 Å². The van der Waals surface area contributed by atoms with Gasteiger partial charge in [0.05, 0.1) is 0 Å². The molecule has 124 valence electrons. The van der Waals surface area contributed by atoms with Crippen LogP contribution >= 0.6 is 0 Å². The highest BCUT2D eigenvalue weighted by Crippen LogP contribution is 2.22. The number of carbonyl (C=O) groups excluding carboxylic acids is 3. The van der Waals surface area contributed by atoms with E-state index in [1.54, 1.807) is 14.0 Å². The van der Waals surface area contributed by atoms with E-state index >= 15 is 0 Å². The largest absolute Gasteiger partial charge is 0.340 e. The molecular formula is C17H23N3O3. The molecule has 0 spiro atoms. The van der Waals surface area contributed by atoms with Crippen molar-refractivity contribution in [3.8, 4) is 0 Å². The van der Waals surface area contributed by atoms with Crippen LogP contribution in [0.15, 0.2) is 30.3 Å². The van der Waals surface area contributed by atoms with Crippen molar-refractivity contribution in [2.45, 2.75) is 38.8 Å². The van der Waals surface area contributed by atoms with Crippen LogP contribution in [0.3, 0.4) is 0 Å². The summed E-state index contributed by atoms with van der Waals surface area (Å²) in [6, 6.07) is 9.08. The summed E-state index contributed by atoms with van der Waals surface area (Å²) < 4.78 is 0. The van der Waals surface area contributed by atoms with Gasteiger partial charge in [-0.15, -0.1) is 0 Å². The second-order valence-corrected chi connectivity index (χ2v) is 6.14. The molecule has 1 aromatic rings. The van der Waals surface area contributed by atoms with Gasteiger partial charge in [-0.2, -0.15) is 0 Å². The standard InChI is InChI=1S/C17H23N3O3/c1-4-10-17(2)15(22)20(16(23)18-17)12-14(21)19(3)11-13-8-6-5-7-9-13/h5-9H,4,10-12H2,1-3H3,(H,18,23)/t17-/m0/s1. The van der Waals surface area contributed by atoms with E-state index in [1.165, 1.54) is 4.90 Å². The molecule has 6 heteroatoms. The summed E-state index contributed by atoms with van der Waals surface area (Å²) in [5.74, 6) is -0.594. The zero-order chi connectivity index (χ0) is 17.0. The summed E-state index contributed by atoms with van der Waals surface area (Å²) in [6.45, 7) is 3.86.